The Morgan fingerprint density at radius 3 is 2.74 bits per heavy atom. The summed E-state index contributed by atoms with van der Waals surface area (Å²) in [7, 11) is 0. The Kier molecular flexibility index (Phi) is 4.91. The molecule has 5 heterocycles. The zero-order valence-electron chi connectivity index (χ0n) is 18.8. The monoisotopic (exact) mass is 455 g/mol. The SMILES string of the molecule is Cc1cnn2c(-c3ccc(Nc4ccc(N5CCC(O)CC5)cn4)c4c3CNC4=O)ccnc12. The lowest BCUT2D eigenvalue weighted by atomic mass is 9.98. The number of hydrogen-bond acceptors (Lipinski definition) is 7. The maximum absolute atomic E-state index is 12.8. The van der Waals surface area contributed by atoms with Gasteiger partial charge in [-0.15, -0.1) is 0 Å². The van der Waals surface area contributed by atoms with E-state index in [1.165, 1.54) is 0 Å². The Labute approximate surface area is 196 Å². The maximum atomic E-state index is 12.8. The first-order valence-corrected chi connectivity index (χ1v) is 11.5. The molecule has 0 bridgehead atoms. The van der Waals surface area contributed by atoms with Crippen molar-refractivity contribution in [1.82, 2.24) is 24.9 Å². The number of aliphatic hydroxyl groups is 1. The molecule has 3 aromatic heterocycles. The van der Waals surface area contributed by atoms with Gasteiger partial charge in [-0.1, -0.05) is 6.07 Å². The average Bonchev–Trinajstić information content (AvgIpc) is 3.44. The van der Waals surface area contributed by atoms with Gasteiger partial charge in [-0.2, -0.15) is 5.10 Å². The highest BCUT2D eigenvalue weighted by Crippen LogP contribution is 2.35. The largest absolute Gasteiger partial charge is 0.393 e. The van der Waals surface area contributed by atoms with E-state index in [2.05, 4.69) is 30.6 Å². The average molecular weight is 456 g/mol. The zero-order chi connectivity index (χ0) is 23.2. The first-order chi connectivity index (χ1) is 16.6. The summed E-state index contributed by atoms with van der Waals surface area (Å²) in [6.45, 7) is 4.08. The minimum atomic E-state index is -0.207. The van der Waals surface area contributed by atoms with Gasteiger partial charge in [0.1, 0.15) is 5.82 Å². The summed E-state index contributed by atoms with van der Waals surface area (Å²) >= 11 is 0. The van der Waals surface area contributed by atoms with Crippen LogP contribution in [0, 0.1) is 6.92 Å². The number of carbonyl (C=O) groups is 1. The minimum Gasteiger partial charge on any atom is -0.393 e. The van der Waals surface area contributed by atoms with Crippen LogP contribution in [0.25, 0.3) is 16.9 Å². The summed E-state index contributed by atoms with van der Waals surface area (Å²) in [5, 5.41) is 20.5. The number of anilines is 3. The number of aliphatic hydroxyl groups excluding tert-OH is 1. The second-order valence-corrected chi connectivity index (χ2v) is 8.83. The zero-order valence-corrected chi connectivity index (χ0v) is 18.8. The van der Waals surface area contributed by atoms with Crippen molar-refractivity contribution in [3.05, 3.63) is 65.6 Å². The van der Waals surface area contributed by atoms with Crippen molar-refractivity contribution >= 4 is 28.7 Å². The van der Waals surface area contributed by atoms with E-state index in [1.54, 1.807) is 12.4 Å². The third-order valence-electron chi connectivity index (χ3n) is 6.66. The summed E-state index contributed by atoms with van der Waals surface area (Å²) in [5.41, 5.74) is 6.96. The number of aryl methyl sites for hydroxylation is 1. The fraction of sp³-hybridized carbons (Fsp3) is 0.280. The molecule has 6 rings (SSSR count). The smallest absolute Gasteiger partial charge is 0.254 e. The molecule has 3 N–H and O–H groups in total. The Bertz CT molecular complexity index is 1390. The van der Waals surface area contributed by atoms with Crippen LogP contribution in [0.1, 0.15) is 34.3 Å². The molecule has 172 valence electrons. The van der Waals surface area contributed by atoms with Crippen molar-refractivity contribution in [2.24, 2.45) is 0 Å². The molecule has 1 saturated heterocycles. The minimum absolute atomic E-state index is 0.107. The van der Waals surface area contributed by atoms with Crippen LogP contribution >= 0.6 is 0 Å². The summed E-state index contributed by atoms with van der Waals surface area (Å²) in [5.74, 6) is 0.564. The summed E-state index contributed by atoms with van der Waals surface area (Å²) < 4.78 is 1.82. The molecule has 0 radical (unpaired) electrons. The molecule has 34 heavy (non-hydrogen) atoms. The molecule has 0 saturated carbocycles. The Hall–Kier alpha value is -3.98. The van der Waals surface area contributed by atoms with Gasteiger partial charge < -0.3 is 20.6 Å². The number of nitrogens with zero attached hydrogens (tertiary/aromatic N) is 5. The van der Waals surface area contributed by atoms with Crippen LogP contribution < -0.4 is 15.5 Å². The molecule has 2 aliphatic rings. The van der Waals surface area contributed by atoms with E-state index in [4.69, 9.17) is 0 Å². The van der Waals surface area contributed by atoms with Gasteiger partial charge in [0.15, 0.2) is 5.65 Å². The number of aromatic nitrogens is 4. The third kappa shape index (κ3) is 3.45. The van der Waals surface area contributed by atoms with Gasteiger partial charge in [-0.05, 0) is 49.6 Å². The van der Waals surface area contributed by atoms with Gasteiger partial charge >= 0.3 is 0 Å². The molecule has 0 aliphatic carbocycles. The fourth-order valence-corrected chi connectivity index (χ4v) is 4.81. The quantitative estimate of drug-likeness (QED) is 0.434. The van der Waals surface area contributed by atoms with E-state index < -0.39 is 0 Å². The highest BCUT2D eigenvalue weighted by atomic mass is 16.3. The van der Waals surface area contributed by atoms with Crippen molar-refractivity contribution in [3.63, 3.8) is 0 Å². The standard InChI is InChI=1S/C25H25N7O2/c1-15-12-29-32-21(6-9-26-24(15)32)18-3-4-20(23-19(18)14-28-25(23)34)30-22-5-2-16(13-27-22)31-10-7-17(33)8-11-31/h2-6,9,12-13,17,33H,7-8,10-11,14H2,1H3,(H,27,30)(H,28,34). The number of benzene rings is 1. The molecule has 4 aromatic rings. The second kappa shape index (κ2) is 8.11. The van der Waals surface area contributed by atoms with E-state index in [0.717, 1.165) is 65.3 Å². The highest BCUT2D eigenvalue weighted by molar-refractivity contribution is 6.06. The number of piperidine rings is 1. The van der Waals surface area contributed by atoms with Crippen molar-refractivity contribution in [2.45, 2.75) is 32.4 Å². The molecule has 0 atom stereocenters. The predicted octanol–water partition coefficient (Wildman–Crippen LogP) is 3.05. The van der Waals surface area contributed by atoms with Crippen LogP contribution in [0.2, 0.25) is 0 Å². The van der Waals surface area contributed by atoms with Crippen LogP contribution in [-0.4, -0.2) is 49.8 Å². The second-order valence-electron chi connectivity index (χ2n) is 8.83. The lowest BCUT2D eigenvalue weighted by molar-refractivity contribution is 0.0966. The molecule has 0 spiro atoms. The number of pyridine rings is 1. The highest BCUT2D eigenvalue weighted by Gasteiger charge is 2.27. The van der Waals surface area contributed by atoms with E-state index in [-0.39, 0.29) is 12.0 Å². The van der Waals surface area contributed by atoms with Crippen molar-refractivity contribution < 1.29 is 9.90 Å². The summed E-state index contributed by atoms with van der Waals surface area (Å²) in [6, 6.07) is 9.80. The third-order valence-corrected chi connectivity index (χ3v) is 6.66. The van der Waals surface area contributed by atoms with Gasteiger partial charge in [0.05, 0.1) is 41.1 Å². The molecular formula is C25H25N7O2. The maximum Gasteiger partial charge on any atom is 0.254 e. The van der Waals surface area contributed by atoms with Gasteiger partial charge in [-0.25, -0.2) is 14.5 Å². The van der Waals surface area contributed by atoms with Crippen LogP contribution in [0.3, 0.4) is 0 Å². The first kappa shape index (κ1) is 20.6. The number of fused-ring (bicyclic) bond motifs is 2. The van der Waals surface area contributed by atoms with E-state index in [9.17, 15) is 9.90 Å². The molecule has 9 nitrogen and oxygen atoms in total. The van der Waals surface area contributed by atoms with Crippen molar-refractivity contribution in [1.29, 1.82) is 0 Å². The molecule has 1 aromatic carbocycles. The van der Waals surface area contributed by atoms with Crippen molar-refractivity contribution in [3.8, 4) is 11.3 Å². The van der Waals surface area contributed by atoms with Crippen LogP contribution in [0.15, 0.2) is 48.9 Å². The van der Waals surface area contributed by atoms with Gasteiger partial charge in [0.2, 0.25) is 0 Å². The first-order valence-electron chi connectivity index (χ1n) is 11.5. The number of nitrogens with one attached hydrogen (secondary N) is 2. The Morgan fingerprint density at radius 2 is 1.94 bits per heavy atom. The molecule has 1 amide bonds. The molecule has 1 fully saturated rings. The number of rotatable bonds is 4. The fourth-order valence-electron chi connectivity index (χ4n) is 4.81. The van der Waals surface area contributed by atoms with Gasteiger partial charge in [-0.3, -0.25) is 4.79 Å². The van der Waals surface area contributed by atoms with Crippen LogP contribution in [-0.2, 0) is 6.54 Å². The van der Waals surface area contributed by atoms with E-state index >= 15 is 0 Å². The van der Waals surface area contributed by atoms with Crippen molar-refractivity contribution in [2.75, 3.05) is 23.3 Å². The molecule has 0 unspecified atom stereocenters. The Balaban J connectivity index is 1.32. The Morgan fingerprint density at radius 1 is 1.09 bits per heavy atom. The molecule has 2 aliphatic heterocycles. The predicted molar refractivity (Wildman–Crippen MR) is 129 cm³/mol. The van der Waals surface area contributed by atoms with Gasteiger partial charge in [0, 0.05) is 37.0 Å². The lowest BCUT2D eigenvalue weighted by Gasteiger charge is -2.31. The van der Waals surface area contributed by atoms with Crippen LogP contribution in [0.5, 0.6) is 0 Å². The van der Waals surface area contributed by atoms with E-state index in [1.807, 2.05) is 48.0 Å². The normalized spacial score (nSPS) is 16.1. The number of amides is 1. The summed E-state index contributed by atoms with van der Waals surface area (Å²) in [4.78, 5) is 24.0. The molecular weight excluding hydrogens is 430 g/mol. The van der Waals surface area contributed by atoms with Gasteiger partial charge in [0.25, 0.3) is 5.91 Å². The van der Waals surface area contributed by atoms with E-state index in [0.29, 0.717) is 17.9 Å². The number of carbonyl (C=O) groups excluding carboxylic acids is 1. The lowest BCUT2D eigenvalue weighted by Crippen LogP contribution is -2.35. The molecule has 9 heteroatoms. The summed E-state index contributed by atoms with van der Waals surface area (Å²) in [6.07, 6.45) is 6.75. The number of hydrogen-bond donors (Lipinski definition) is 3. The van der Waals surface area contributed by atoms with Crippen LogP contribution in [0.4, 0.5) is 17.2 Å². The topological polar surface area (TPSA) is 108 Å².